The molecule has 0 N–H and O–H groups in total. The molecule has 3 heterocycles. The van der Waals surface area contributed by atoms with Crippen LogP contribution in [0.15, 0.2) is 90.1 Å². The first kappa shape index (κ1) is 20.6. The fourth-order valence-corrected chi connectivity index (χ4v) is 3.87. The molecule has 0 saturated carbocycles. The number of rotatable bonds is 5. The van der Waals surface area contributed by atoms with Gasteiger partial charge in [-0.3, -0.25) is 9.36 Å². The van der Waals surface area contributed by atoms with Gasteiger partial charge in [-0.15, -0.1) is 0 Å². The van der Waals surface area contributed by atoms with Crippen LogP contribution in [-0.4, -0.2) is 32.6 Å². The molecule has 7 heteroatoms. The Balaban J connectivity index is 1.37. The Morgan fingerprint density at radius 3 is 2.48 bits per heavy atom. The summed E-state index contributed by atoms with van der Waals surface area (Å²) in [5.41, 5.74) is 3.37. The number of para-hydroxylation sites is 1. The summed E-state index contributed by atoms with van der Waals surface area (Å²) in [5, 5.41) is 0. The molecule has 0 amide bonds. The topological polar surface area (TPSA) is 73.1 Å². The zero-order valence-corrected chi connectivity index (χ0v) is 18.3. The van der Waals surface area contributed by atoms with Gasteiger partial charge in [0.25, 0.3) is 5.56 Å². The SMILES string of the molecule is Cn1c(N2CCC=C(c3ccc(Oc4ccccc4)cc3)C2)nc(-c2ccncn2)cc1=O. The van der Waals surface area contributed by atoms with Crippen LogP contribution in [0.1, 0.15) is 12.0 Å². The predicted octanol–water partition coefficient (Wildman–Crippen LogP) is 4.32. The minimum Gasteiger partial charge on any atom is -0.457 e. The molecule has 5 rings (SSSR count). The van der Waals surface area contributed by atoms with Gasteiger partial charge in [-0.1, -0.05) is 36.4 Å². The number of nitrogens with zero attached hydrogens (tertiary/aromatic N) is 5. The van der Waals surface area contributed by atoms with Crippen LogP contribution in [0.4, 0.5) is 5.95 Å². The summed E-state index contributed by atoms with van der Waals surface area (Å²) in [7, 11) is 1.75. The third-order valence-corrected chi connectivity index (χ3v) is 5.59. The van der Waals surface area contributed by atoms with Crippen LogP contribution >= 0.6 is 0 Å². The van der Waals surface area contributed by atoms with E-state index < -0.39 is 0 Å². The molecule has 0 radical (unpaired) electrons. The maximum Gasteiger partial charge on any atom is 0.255 e. The van der Waals surface area contributed by atoms with Gasteiger partial charge in [0.2, 0.25) is 5.95 Å². The highest BCUT2D eigenvalue weighted by molar-refractivity contribution is 5.71. The first-order valence-electron chi connectivity index (χ1n) is 10.8. The number of hydrogen-bond acceptors (Lipinski definition) is 6. The lowest BCUT2D eigenvalue weighted by Gasteiger charge is -2.30. The van der Waals surface area contributed by atoms with E-state index in [0.717, 1.165) is 30.0 Å². The van der Waals surface area contributed by atoms with Gasteiger partial charge in [0.15, 0.2) is 0 Å². The van der Waals surface area contributed by atoms with E-state index in [9.17, 15) is 4.79 Å². The Morgan fingerprint density at radius 1 is 0.939 bits per heavy atom. The molecule has 0 aliphatic carbocycles. The van der Waals surface area contributed by atoms with Crippen molar-refractivity contribution in [3.05, 3.63) is 101 Å². The molecule has 1 aliphatic rings. The highest BCUT2D eigenvalue weighted by atomic mass is 16.5. The van der Waals surface area contributed by atoms with E-state index in [0.29, 0.717) is 23.9 Å². The van der Waals surface area contributed by atoms with Gasteiger partial charge in [0, 0.05) is 32.4 Å². The molecule has 0 fully saturated rings. The lowest BCUT2D eigenvalue weighted by molar-refractivity contribution is 0.482. The van der Waals surface area contributed by atoms with E-state index in [-0.39, 0.29) is 5.56 Å². The van der Waals surface area contributed by atoms with Crippen molar-refractivity contribution in [2.45, 2.75) is 6.42 Å². The third-order valence-electron chi connectivity index (χ3n) is 5.59. The summed E-state index contributed by atoms with van der Waals surface area (Å²) in [6, 6.07) is 21.1. The smallest absolute Gasteiger partial charge is 0.255 e. The van der Waals surface area contributed by atoms with Crippen LogP contribution in [0.3, 0.4) is 0 Å². The highest BCUT2D eigenvalue weighted by Gasteiger charge is 2.20. The molecule has 2 aromatic heterocycles. The number of ether oxygens (including phenoxy) is 1. The first-order valence-corrected chi connectivity index (χ1v) is 10.8. The standard InChI is InChI=1S/C26H23N5O2/c1-30-25(32)16-24(23-13-14-27-18-28-23)29-26(30)31-15-5-6-20(17-31)19-9-11-22(12-10-19)33-21-7-3-2-4-8-21/h2-4,6-14,16,18H,5,15,17H2,1H3. The largest absolute Gasteiger partial charge is 0.457 e. The number of aromatic nitrogens is 4. The maximum atomic E-state index is 12.6. The van der Waals surface area contributed by atoms with Crippen LogP contribution in [0.5, 0.6) is 11.5 Å². The van der Waals surface area contributed by atoms with Crippen LogP contribution in [-0.2, 0) is 7.05 Å². The Labute approximate surface area is 191 Å². The molecule has 2 aromatic carbocycles. The minimum absolute atomic E-state index is 0.118. The molecule has 0 saturated heterocycles. The number of hydrogen-bond donors (Lipinski definition) is 0. The van der Waals surface area contributed by atoms with Crippen molar-refractivity contribution in [3.8, 4) is 22.9 Å². The fraction of sp³-hybridized carbons (Fsp3) is 0.154. The maximum absolute atomic E-state index is 12.6. The molecule has 0 bridgehead atoms. The van der Waals surface area contributed by atoms with E-state index in [1.807, 2.05) is 42.5 Å². The van der Waals surface area contributed by atoms with E-state index in [1.165, 1.54) is 18.0 Å². The minimum atomic E-state index is -0.118. The second kappa shape index (κ2) is 9.08. The molecule has 4 aromatic rings. The zero-order chi connectivity index (χ0) is 22.6. The van der Waals surface area contributed by atoms with Gasteiger partial charge in [0.1, 0.15) is 17.8 Å². The molecule has 164 valence electrons. The second-order valence-corrected chi connectivity index (χ2v) is 7.81. The van der Waals surface area contributed by atoms with Gasteiger partial charge >= 0.3 is 0 Å². The van der Waals surface area contributed by atoms with Gasteiger partial charge in [-0.25, -0.2) is 15.0 Å². The summed E-state index contributed by atoms with van der Waals surface area (Å²) in [5.74, 6) is 2.23. The quantitative estimate of drug-likeness (QED) is 0.463. The Kier molecular flexibility index (Phi) is 5.68. The molecule has 0 spiro atoms. The summed E-state index contributed by atoms with van der Waals surface area (Å²) in [6.45, 7) is 1.44. The van der Waals surface area contributed by atoms with E-state index in [2.05, 4.69) is 33.1 Å². The second-order valence-electron chi connectivity index (χ2n) is 7.81. The lowest BCUT2D eigenvalue weighted by Crippen LogP contribution is -2.35. The fourth-order valence-electron chi connectivity index (χ4n) is 3.87. The van der Waals surface area contributed by atoms with Gasteiger partial charge in [0.05, 0.1) is 11.4 Å². The van der Waals surface area contributed by atoms with Crippen molar-refractivity contribution in [2.24, 2.45) is 7.05 Å². The van der Waals surface area contributed by atoms with E-state index in [1.54, 1.807) is 23.9 Å². The van der Waals surface area contributed by atoms with Crippen molar-refractivity contribution in [1.29, 1.82) is 0 Å². The van der Waals surface area contributed by atoms with Crippen LogP contribution in [0, 0.1) is 0 Å². The summed E-state index contributed by atoms with van der Waals surface area (Å²) >= 11 is 0. The van der Waals surface area contributed by atoms with Crippen molar-refractivity contribution >= 4 is 11.5 Å². The normalized spacial score (nSPS) is 13.5. The molecular weight excluding hydrogens is 414 g/mol. The Hall–Kier alpha value is -4.26. The summed E-state index contributed by atoms with van der Waals surface area (Å²) in [6.07, 6.45) is 6.22. The first-order chi connectivity index (χ1) is 16.2. The number of benzene rings is 2. The van der Waals surface area contributed by atoms with Crippen LogP contribution < -0.4 is 15.2 Å². The van der Waals surface area contributed by atoms with Crippen molar-refractivity contribution < 1.29 is 4.74 Å². The molecule has 7 nitrogen and oxygen atoms in total. The summed E-state index contributed by atoms with van der Waals surface area (Å²) < 4.78 is 7.49. The monoisotopic (exact) mass is 437 g/mol. The lowest BCUT2D eigenvalue weighted by atomic mass is 10.0. The Bertz CT molecular complexity index is 1330. The molecular formula is C26H23N5O2. The number of anilines is 1. The van der Waals surface area contributed by atoms with Gasteiger partial charge in [-0.2, -0.15) is 0 Å². The molecule has 1 aliphatic heterocycles. The van der Waals surface area contributed by atoms with Gasteiger partial charge in [-0.05, 0) is 47.9 Å². The average Bonchev–Trinajstić information content (AvgIpc) is 2.87. The molecule has 33 heavy (non-hydrogen) atoms. The van der Waals surface area contributed by atoms with Crippen LogP contribution in [0.25, 0.3) is 17.0 Å². The zero-order valence-electron chi connectivity index (χ0n) is 18.3. The van der Waals surface area contributed by atoms with Crippen molar-refractivity contribution in [1.82, 2.24) is 19.5 Å². The van der Waals surface area contributed by atoms with Gasteiger partial charge < -0.3 is 9.64 Å². The third kappa shape index (κ3) is 4.52. The average molecular weight is 438 g/mol. The van der Waals surface area contributed by atoms with Crippen molar-refractivity contribution in [3.63, 3.8) is 0 Å². The Morgan fingerprint density at radius 2 is 1.73 bits per heavy atom. The van der Waals surface area contributed by atoms with Crippen LogP contribution in [0.2, 0.25) is 0 Å². The summed E-state index contributed by atoms with van der Waals surface area (Å²) in [4.78, 5) is 27.7. The van der Waals surface area contributed by atoms with E-state index >= 15 is 0 Å². The highest BCUT2D eigenvalue weighted by Crippen LogP contribution is 2.27. The van der Waals surface area contributed by atoms with Crippen molar-refractivity contribution in [2.75, 3.05) is 18.0 Å². The predicted molar refractivity (Wildman–Crippen MR) is 128 cm³/mol. The molecule has 0 atom stereocenters. The molecule has 0 unspecified atom stereocenters. The van der Waals surface area contributed by atoms with E-state index in [4.69, 9.17) is 9.72 Å².